The van der Waals surface area contributed by atoms with Crippen LogP contribution in [0.5, 0.6) is 0 Å². The van der Waals surface area contributed by atoms with Gasteiger partial charge in [0, 0.05) is 22.9 Å². The van der Waals surface area contributed by atoms with E-state index in [0.717, 1.165) is 23.9 Å². The van der Waals surface area contributed by atoms with Crippen LogP contribution in [0.25, 0.3) is 0 Å². The summed E-state index contributed by atoms with van der Waals surface area (Å²) in [4.78, 5) is 10.1. The van der Waals surface area contributed by atoms with Crippen molar-refractivity contribution < 1.29 is 0 Å². The van der Waals surface area contributed by atoms with E-state index in [1.807, 2.05) is 12.3 Å². The van der Waals surface area contributed by atoms with Gasteiger partial charge in [0.15, 0.2) is 0 Å². The first-order valence-electron chi connectivity index (χ1n) is 9.17. The summed E-state index contributed by atoms with van der Waals surface area (Å²) < 4.78 is 0. The van der Waals surface area contributed by atoms with E-state index in [1.54, 1.807) is 6.33 Å². The molecule has 2 bridgehead atoms. The molecule has 1 heterocycles. The van der Waals surface area contributed by atoms with E-state index in [4.69, 9.17) is 11.6 Å². The van der Waals surface area contributed by atoms with Gasteiger partial charge in [0.05, 0.1) is 18.6 Å². The largest absolute Gasteiger partial charge is 0.362 e. The monoisotopic (exact) mass is 343 g/mol. The molecule has 1 aromatic heterocycles. The second-order valence-corrected chi connectivity index (χ2v) is 8.03. The average Bonchev–Trinajstić information content (AvgIpc) is 3.00. The number of nitrogens with one attached hydrogen (secondary N) is 1. The Bertz CT molecular complexity index is 693. The van der Waals surface area contributed by atoms with Crippen LogP contribution in [0.2, 0.25) is 5.02 Å². The standard InChI is InChI=1S/C20H26ClN3/c1-3-15-7-16(21)5-6-18(15)24(12-17-11-22-13-23-17)19(4-2)20-8-14(9-20)10-20/h5-7,11,13-14,19H,3-4,8-10,12H2,1-2H3,(H,22,23). The van der Waals surface area contributed by atoms with Crippen molar-refractivity contribution in [2.45, 2.75) is 58.5 Å². The zero-order valence-electron chi connectivity index (χ0n) is 14.6. The summed E-state index contributed by atoms with van der Waals surface area (Å²) in [6.45, 7) is 5.44. The van der Waals surface area contributed by atoms with Gasteiger partial charge in [0.1, 0.15) is 0 Å². The molecule has 1 atom stereocenters. The number of nitrogens with zero attached hydrogens (tertiary/aromatic N) is 2. The molecule has 128 valence electrons. The van der Waals surface area contributed by atoms with Crippen molar-refractivity contribution in [3.05, 3.63) is 47.0 Å². The third kappa shape index (κ3) is 2.54. The van der Waals surface area contributed by atoms with Gasteiger partial charge in [0.2, 0.25) is 0 Å². The Labute approximate surface area is 149 Å². The molecule has 2 aromatic rings. The lowest BCUT2D eigenvalue weighted by Crippen LogP contribution is -2.63. The normalized spacial score (nSPS) is 25.7. The Morgan fingerprint density at radius 2 is 2.12 bits per heavy atom. The molecule has 4 heteroatoms. The van der Waals surface area contributed by atoms with Crippen LogP contribution in [0.15, 0.2) is 30.7 Å². The van der Waals surface area contributed by atoms with E-state index >= 15 is 0 Å². The number of benzene rings is 1. The second-order valence-electron chi connectivity index (χ2n) is 7.60. The maximum Gasteiger partial charge on any atom is 0.0922 e. The third-order valence-electron chi connectivity index (χ3n) is 6.18. The summed E-state index contributed by atoms with van der Waals surface area (Å²) in [6.07, 6.45) is 10.2. The Morgan fingerprint density at radius 1 is 1.33 bits per heavy atom. The fourth-order valence-corrected chi connectivity index (χ4v) is 5.17. The molecule has 1 aromatic carbocycles. The number of H-pyrrole nitrogens is 1. The third-order valence-corrected chi connectivity index (χ3v) is 6.42. The highest BCUT2D eigenvalue weighted by Gasteiger charge is 2.61. The Balaban J connectivity index is 1.72. The highest BCUT2D eigenvalue weighted by Crippen LogP contribution is 2.67. The highest BCUT2D eigenvalue weighted by molar-refractivity contribution is 6.30. The molecule has 0 saturated heterocycles. The number of anilines is 1. The van der Waals surface area contributed by atoms with Crippen LogP contribution in [0.1, 0.15) is 50.8 Å². The molecular formula is C20H26ClN3. The molecular weight excluding hydrogens is 318 g/mol. The number of imidazole rings is 1. The molecule has 3 aliphatic rings. The maximum absolute atomic E-state index is 6.26. The first-order chi connectivity index (χ1) is 11.6. The van der Waals surface area contributed by atoms with Crippen molar-refractivity contribution in [3.8, 4) is 0 Å². The molecule has 5 rings (SSSR count). The number of hydrogen-bond donors (Lipinski definition) is 1. The fourth-order valence-electron chi connectivity index (χ4n) is 4.97. The summed E-state index contributed by atoms with van der Waals surface area (Å²) in [5.41, 5.74) is 4.40. The van der Waals surface area contributed by atoms with Crippen molar-refractivity contribution in [3.63, 3.8) is 0 Å². The van der Waals surface area contributed by atoms with Crippen molar-refractivity contribution >= 4 is 17.3 Å². The molecule has 3 fully saturated rings. The van der Waals surface area contributed by atoms with E-state index < -0.39 is 0 Å². The number of aryl methyl sites for hydroxylation is 1. The number of rotatable bonds is 7. The van der Waals surface area contributed by atoms with Crippen molar-refractivity contribution in [1.82, 2.24) is 9.97 Å². The Hall–Kier alpha value is -1.48. The number of hydrogen-bond acceptors (Lipinski definition) is 2. The summed E-state index contributed by atoms with van der Waals surface area (Å²) in [6, 6.07) is 6.97. The van der Waals surface area contributed by atoms with Crippen LogP contribution in [0.3, 0.4) is 0 Å². The first kappa shape index (κ1) is 16.0. The summed E-state index contributed by atoms with van der Waals surface area (Å²) >= 11 is 6.26. The van der Waals surface area contributed by atoms with Gasteiger partial charge in [-0.05, 0) is 67.2 Å². The predicted octanol–water partition coefficient (Wildman–Crippen LogP) is 5.21. The molecule has 24 heavy (non-hydrogen) atoms. The smallest absolute Gasteiger partial charge is 0.0922 e. The lowest BCUT2D eigenvalue weighted by atomic mass is 9.41. The Kier molecular flexibility index (Phi) is 4.07. The first-order valence-corrected chi connectivity index (χ1v) is 9.55. The van der Waals surface area contributed by atoms with E-state index in [-0.39, 0.29) is 0 Å². The molecule has 3 nitrogen and oxygen atoms in total. The fraction of sp³-hybridized carbons (Fsp3) is 0.550. The molecule has 3 aliphatic carbocycles. The Morgan fingerprint density at radius 3 is 2.67 bits per heavy atom. The number of aromatic nitrogens is 2. The summed E-state index contributed by atoms with van der Waals surface area (Å²) in [7, 11) is 0. The molecule has 0 spiro atoms. The second kappa shape index (κ2) is 6.11. The molecule has 1 N–H and O–H groups in total. The molecule has 1 unspecified atom stereocenters. The van der Waals surface area contributed by atoms with Crippen LogP contribution in [-0.4, -0.2) is 16.0 Å². The zero-order chi connectivity index (χ0) is 16.7. The zero-order valence-corrected chi connectivity index (χ0v) is 15.3. The van der Waals surface area contributed by atoms with Crippen molar-refractivity contribution in [1.29, 1.82) is 0 Å². The minimum atomic E-state index is 0.546. The molecule has 0 amide bonds. The van der Waals surface area contributed by atoms with E-state index in [9.17, 15) is 0 Å². The quantitative estimate of drug-likeness (QED) is 0.748. The van der Waals surface area contributed by atoms with Gasteiger partial charge in [-0.15, -0.1) is 0 Å². The van der Waals surface area contributed by atoms with E-state index in [1.165, 1.54) is 42.6 Å². The van der Waals surface area contributed by atoms with E-state index in [2.05, 4.69) is 40.8 Å². The van der Waals surface area contributed by atoms with Crippen LogP contribution in [-0.2, 0) is 13.0 Å². The average molecular weight is 344 g/mol. The van der Waals surface area contributed by atoms with Crippen LogP contribution in [0.4, 0.5) is 5.69 Å². The van der Waals surface area contributed by atoms with Gasteiger partial charge in [-0.25, -0.2) is 4.98 Å². The number of aromatic amines is 1. The van der Waals surface area contributed by atoms with Gasteiger partial charge in [0.25, 0.3) is 0 Å². The van der Waals surface area contributed by atoms with Gasteiger partial charge in [-0.1, -0.05) is 25.4 Å². The highest BCUT2D eigenvalue weighted by atomic mass is 35.5. The van der Waals surface area contributed by atoms with Gasteiger partial charge in [-0.3, -0.25) is 0 Å². The molecule has 0 aliphatic heterocycles. The summed E-state index contributed by atoms with van der Waals surface area (Å²) in [5, 5.41) is 0.829. The topological polar surface area (TPSA) is 31.9 Å². The predicted molar refractivity (Wildman–Crippen MR) is 99.5 cm³/mol. The lowest BCUT2D eigenvalue weighted by Gasteiger charge is -2.67. The van der Waals surface area contributed by atoms with Crippen molar-refractivity contribution in [2.75, 3.05) is 4.90 Å². The van der Waals surface area contributed by atoms with Gasteiger partial charge < -0.3 is 9.88 Å². The lowest BCUT2D eigenvalue weighted by molar-refractivity contribution is -0.127. The number of halogens is 1. The van der Waals surface area contributed by atoms with Crippen LogP contribution >= 0.6 is 11.6 Å². The molecule has 3 saturated carbocycles. The minimum Gasteiger partial charge on any atom is -0.362 e. The van der Waals surface area contributed by atoms with E-state index in [0.29, 0.717) is 11.5 Å². The van der Waals surface area contributed by atoms with Crippen LogP contribution in [0, 0.1) is 11.3 Å². The maximum atomic E-state index is 6.26. The van der Waals surface area contributed by atoms with Crippen molar-refractivity contribution in [2.24, 2.45) is 11.3 Å². The SMILES string of the molecule is CCc1cc(Cl)ccc1N(Cc1cnc[nH]1)C(CC)C12CC(C1)C2. The summed E-state index contributed by atoms with van der Waals surface area (Å²) in [5.74, 6) is 1.00. The minimum absolute atomic E-state index is 0.546. The van der Waals surface area contributed by atoms with Crippen LogP contribution < -0.4 is 4.90 Å². The van der Waals surface area contributed by atoms with Gasteiger partial charge >= 0.3 is 0 Å². The van der Waals surface area contributed by atoms with Gasteiger partial charge in [-0.2, -0.15) is 0 Å². The molecule has 0 radical (unpaired) electrons.